The van der Waals surface area contributed by atoms with Gasteiger partial charge in [0.2, 0.25) is 5.91 Å². The van der Waals surface area contributed by atoms with Gasteiger partial charge in [-0.3, -0.25) is 19.7 Å². The lowest BCUT2D eigenvalue weighted by molar-refractivity contribution is -0.130. The number of carbonyl (C=O) groups is 3. The fourth-order valence-corrected chi connectivity index (χ4v) is 4.20. The van der Waals surface area contributed by atoms with Crippen LogP contribution >= 0.6 is 22.9 Å². The van der Waals surface area contributed by atoms with E-state index in [-0.39, 0.29) is 36.0 Å². The van der Waals surface area contributed by atoms with Crippen molar-refractivity contribution >= 4 is 52.0 Å². The first-order valence-corrected chi connectivity index (χ1v) is 11.6. The smallest absolute Gasteiger partial charge is 0.370 e. The third kappa shape index (κ3) is 7.59. The lowest BCUT2D eigenvalue weighted by Gasteiger charge is -2.28. The molecule has 1 saturated heterocycles. The maximum atomic E-state index is 13.8. The summed E-state index contributed by atoms with van der Waals surface area (Å²) in [5.74, 6) is -2.19. The SMILES string of the molecule is O=C(NC[C@@H](NCC(F)(F)F)C(=O)Nc1ccc(N2CCOCC2=O)cc1C(F)F)c1ccc(Cl)s1. The van der Waals surface area contributed by atoms with E-state index >= 15 is 0 Å². The van der Waals surface area contributed by atoms with Crippen molar-refractivity contribution in [3.8, 4) is 0 Å². The lowest BCUT2D eigenvalue weighted by atomic mass is 10.1. The summed E-state index contributed by atoms with van der Waals surface area (Å²) in [6.07, 6.45) is -7.74. The molecule has 0 spiro atoms. The molecule has 0 aliphatic carbocycles. The molecule has 2 heterocycles. The summed E-state index contributed by atoms with van der Waals surface area (Å²) in [6, 6.07) is 4.71. The van der Waals surface area contributed by atoms with E-state index in [0.717, 1.165) is 23.5 Å². The van der Waals surface area contributed by atoms with Crippen LogP contribution in [0.15, 0.2) is 30.3 Å². The Morgan fingerprint density at radius 3 is 2.56 bits per heavy atom. The third-order valence-electron chi connectivity index (χ3n) is 4.95. The lowest BCUT2D eigenvalue weighted by Crippen LogP contribution is -2.51. The molecule has 8 nitrogen and oxygen atoms in total. The van der Waals surface area contributed by atoms with Crippen LogP contribution in [0.3, 0.4) is 0 Å². The number of hydrogen-bond donors (Lipinski definition) is 3. The summed E-state index contributed by atoms with van der Waals surface area (Å²) in [5.41, 5.74) is -0.827. The number of halogens is 6. The van der Waals surface area contributed by atoms with E-state index in [4.69, 9.17) is 16.3 Å². The maximum Gasteiger partial charge on any atom is 0.401 e. The number of benzene rings is 1. The molecule has 3 N–H and O–H groups in total. The molecule has 1 fully saturated rings. The highest BCUT2D eigenvalue weighted by atomic mass is 35.5. The molecule has 196 valence electrons. The number of amides is 3. The first-order valence-electron chi connectivity index (χ1n) is 10.4. The van der Waals surface area contributed by atoms with Crippen molar-refractivity contribution in [2.24, 2.45) is 0 Å². The number of hydrogen-bond acceptors (Lipinski definition) is 6. The Kier molecular flexibility index (Phi) is 9.22. The molecule has 1 aromatic heterocycles. The van der Waals surface area contributed by atoms with Crippen LogP contribution in [0, 0.1) is 0 Å². The molecule has 1 aliphatic rings. The molecule has 0 bridgehead atoms. The summed E-state index contributed by atoms with van der Waals surface area (Å²) in [6.45, 7) is -1.99. The topological polar surface area (TPSA) is 99.8 Å². The molecule has 1 aliphatic heterocycles. The average Bonchev–Trinajstić information content (AvgIpc) is 3.25. The van der Waals surface area contributed by atoms with E-state index in [1.807, 2.05) is 5.32 Å². The van der Waals surface area contributed by atoms with Crippen LogP contribution in [0.2, 0.25) is 4.34 Å². The fourth-order valence-electron chi connectivity index (χ4n) is 3.24. The van der Waals surface area contributed by atoms with Crippen molar-refractivity contribution in [2.75, 3.05) is 43.1 Å². The van der Waals surface area contributed by atoms with E-state index in [1.165, 1.54) is 23.1 Å². The van der Waals surface area contributed by atoms with Crippen molar-refractivity contribution in [3.05, 3.63) is 45.1 Å². The molecule has 1 aromatic carbocycles. The number of anilines is 2. The van der Waals surface area contributed by atoms with Crippen LogP contribution in [0.4, 0.5) is 33.3 Å². The molecular formula is C21H20ClF5N4O4S. The first-order chi connectivity index (χ1) is 16.9. The van der Waals surface area contributed by atoms with Gasteiger partial charge in [0.25, 0.3) is 18.2 Å². The van der Waals surface area contributed by atoms with E-state index in [0.29, 0.717) is 4.34 Å². The molecule has 36 heavy (non-hydrogen) atoms. The van der Waals surface area contributed by atoms with Crippen molar-refractivity contribution < 1.29 is 41.1 Å². The highest BCUT2D eigenvalue weighted by Crippen LogP contribution is 2.32. The standard InChI is InChI=1S/C21H20ClF5N4O4S/c22-16-4-3-15(36-16)20(34)28-8-14(29-10-21(25,26)27)19(33)30-13-2-1-11(7-12(13)18(23)24)31-5-6-35-9-17(31)32/h1-4,7,14,18,29H,5-6,8-10H2,(H,28,34)(H,30,33)/t14-/m1/s1. The molecule has 0 radical (unpaired) electrons. The summed E-state index contributed by atoms with van der Waals surface area (Å²) in [5, 5.41) is 6.50. The first kappa shape index (κ1) is 27.8. The van der Waals surface area contributed by atoms with Gasteiger partial charge in [-0.1, -0.05) is 11.6 Å². The highest BCUT2D eigenvalue weighted by molar-refractivity contribution is 7.18. The molecule has 15 heteroatoms. The molecule has 2 aromatic rings. The second-order valence-corrected chi connectivity index (χ2v) is 9.24. The Labute approximate surface area is 210 Å². The Morgan fingerprint density at radius 1 is 1.19 bits per heavy atom. The summed E-state index contributed by atoms with van der Waals surface area (Å²) in [4.78, 5) is 38.4. The van der Waals surface area contributed by atoms with Gasteiger partial charge in [0.15, 0.2) is 0 Å². The van der Waals surface area contributed by atoms with E-state index in [2.05, 4.69) is 10.6 Å². The minimum absolute atomic E-state index is 0.145. The highest BCUT2D eigenvalue weighted by Gasteiger charge is 2.31. The van der Waals surface area contributed by atoms with Gasteiger partial charge in [0.1, 0.15) is 12.6 Å². The van der Waals surface area contributed by atoms with Gasteiger partial charge >= 0.3 is 6.18 Å². The second-order valence-electron chi connectivity index (χ2n) is 7.52. The quantitative estimate of drug-likeness (QED) is 0.412. The minimum Gasteiger partial charge on any atom is -0.370 e. The van der Waals surface area contributed by atoms with Crippen LogP contribution in [0.25, 0.3) is 0 Å². The Balaban J connectivity index is 1.76. The number of alkyl halides is 5. The maximum absolute atomic E-state index is 13.8. The predicted molar refractivity (Wildman–Crippen MR) is 123 cm³/mol. The van der Waals surface area contributed by atoms with Crippen LogP contribution in [-0.2, 0) is 14.3 Å². The third-order valence-corrected chi connectivity index (χ3v) is 6.18. The molecule has 0 saturated carbocycles. The van der Waals surface area contributed by atoms with Gasteiger partial charge in [-0.25, -0.2) is 8.78 Å². The summed E-state index contributed by atoms with van der Waals surface area (Å²) in [7, 11) is 0. The van der Waals surface area contributed by atoms with Gasteiger partial charge in [0, 0.05) is 30.0 Å². The Hall–Kier alpha value is -2.81. The van der Waals surface area contributed by atoms with Crippen LogP contribution < -0.4 is 20.9 Å². The molecule has 3 rings (SSSR count). The fraction of sp³-hybridized carbons (Fsp3) is 0.381. The molecule has 3 amide bonds. The number of nitrogens with one attached hydrogen (secondary N) is 3. The second kappa shape index (κ2) is 12.0. The van der Waals surface area contributed by atoms with E-state index < -0.39 is 55.0 Å². The molecular weight excluding hydrogens is 535 g/mol. The van der Waals surface area contributed by atoms with Gasteiger partial charge in [-0.2, -0.15) is 13.2 Å². The largest absolute Gasteiger partial charge is 0.401 e. The van der Waals surface area contributed by atoms with Gasteiger partial charge in [-0.15, -0.1) is 11.3 Å². The summed E-state index contributed by atoms with van der Waals surface area (Å²) < 4.78 is 71.1. The van der Waals surface area contributed by atoms with Gasteiger partial charge in [0.05, 0.1) is 22.4 Å². The van der Waals surface area contributed by atoms with Crippen molar-refractivity contribution in [1.29, 1.82) is 0 Å². The number of carbonyl (C=O) groups excluding carboxylic acids is 3. The zero-order valence-corrected chi connectivity index (χ0v) is 19.9. The van der Waals surface area contributed by atoms with Gasteiger partial charge < -0.3 is 20.3 Å². The number of thiophene rings is 1. The van der Waals surface area contributed by atoms with Crippen molar-refractivity contribution in [2.45, 2.75) is 18.6 Å². The van der Waals surface area contributed by atoms with Crippen LogP contribution in [0.1, 0.15) is 21.7 Å². The number of morpholine rings is 1. The van der Waals surface area contributed by atoms with Crippen molar-refractivity contribution in [3.63, 3.8) is 0 Å². The minimum atomic E-state index is -4.68. The summed E-state index contributed by atoms with van der Waals surface area (Å²) >= 11 is 6.69. The van der Waals surface area contributed by atoms with Crippen molar-refractivity contribution in [1.82, 2.24) is 10.6 Å². The number of nitrogens with zero attached hydrogens (tertiary/aromatic N) is 1. The zero-order chi connectivity index (χ0) is 26.5. The predicted octanol–water partition coefficient (Wildman–Crippen LogP) is 3.59. The van der Waals surface area contributed by atoms with E-state index in [9.17, 15) is 36.3 Å². The van der Waals surface area contributed by atoms with Gasteiger partial charge in [-0.05, 0) is 30.3 Å². The molecule has 0 unspecified atom stereocenters. The van der Waals surface area contributed by atoms with E-state index in [1.54, 1.807) is 0 Å². The number of ether oxygens (including phenoxy) is 1. The zero-order valence-electron chi connectivity index (χ0n) is 18.3. The average molecular weight is 555 g/mol. The normalized spacial score (nSPS) is 15.2. The van der Waals surface area contributed by atoms with Crippen LogP contribution in [-0.4, -0.2) is 62.8 Å². The Bertz CT molecular complexity index is 1110. The Morgan fingerprint density at radius 2 is 1.94 bits per heavy atom. The molecule has 1 atom stereocenters. The monoisotopic (exact) mass is 554 g/mol. The number of rotatable bonds is 9. The van der Waals surface area contributed by atoms with Crippen LogP contribution in [0.5, 0.6) is 0 Å².